The second-order valence-electron chi connectivity index (χ2n) is 5.01. The van der Waals surface area contributed by atoms with Crippen LogP contribution in [0.1, 0.15) is 57.8 Å². The average Bonchev–Trinajstić information content (AvgIpc) is 2.10. The number of hydrogen-bond acceptors (Lipinski definition) is 2. The van der Waals surface area contributed by atoms with Gasteiger partial charge in [-0.1, -0.05) is 25.7 Å². The van der Waals surface area contributed by atoms with Crippen molar-refractivity contribution in [1.82, 2.24) is 0 Å². The number of fused-ring (bicyclic) bond motifs is 1. The molecular weight excluding hydrogens is 176 g/mol. The summed E-state index contributed by atoms with van der Waals surface area (Å²) < 4.78 is 0. The van der Waals surface area contributed by atoms with E-state index in [9.17, 15) is 9.90 Å². The number of rotatable bonds is 0. The van der Waals surface area contributed by atoms with Crippen LogP contribution in [-0.4, -0.2) is 16.5 Å². The second kappa shape index (κ2) is 4.01. The van der Waals surface area contributed by atoms with Crippen LogP contribution in [-0.2, 0) is 4.79 Å². The first kappa shape index (κ1) is 10.2. The number of carbonyl (C=O) groups excluding carboxylic acids is 1. The summed E-state index contributed by atoms with van der Waals surface area (Å²) in [5, 5.41) is 10.4. The van der Waals surface area contributed by atoms with E-state index >= 15 is 0 Å². The van der Waals surface area contributed by atoms with Crippen LogP contribution in [0.15, 0.2) is 0 Å². The van der Waals surface area contributed by atoms with E-state index in [4.69, 9.17) is 0 Å². The van der Waals surface area contributed by atoms with Crippen LogP contribution in [0, 0.1) is 5.92 Å². The van der Waals surface area contributed by atoms with Crippen molar-refractivity contribution in [3.63, 3.8) is 0 Å². The molecule has 2 fully saturated rings. The van der Waals surface area contributed by atoms with Crippen LogP contribution in [0.3, 0.4) is 0 Å². The van der Waals surface area contributed by atoms with Gasteiger partial charge in [-0.2, -0.15) is 0 Å². The molecule has 2 aliphatic carbocycles. The largest absolute Gasteiger partial charge is 0.389 e. The van der Waals surface area contributed by atoms with E-state index in [-0.39, 0.29) is 5.78 Å². The molecule has 0 aromatic rings. The van der Waals surface area contributed by atoms with Gasteiger partial charge in [0.2, 0.25) is 0 Å². The Bertz CT molecular complexity index is 224. The lowest BCUT2D eigenvalue weighted by molar-refractivity contribution is -0.135. The van der Waals surface area contributed by atoms with Crippen LogP contribution in [0.5, 0.6) is 0 Å². The summed E-state index contributed by atoms with van der Waals surface area (Å²) in [6.07, 6.45) is 8.90. The normalized spacial score (nSPS) is 39.8. The van der Waals surface area contributed by atoms with E-state index in [0.717, 1.165) is 25.7 Å². The highest BCUT2D eigenvalue weighted by Crippen LogP contribution is 2.40. The van der Waals surface area contributed by atoms with Crippen LogP contribution in [0.4, 0.5) is 0 Å². The van der Waals surface area contributed by atoms with Gasteiger partial charge >= 0.3 is 0 Å². The summed E-state index contributed by atoms with van der Waals surface area (Å²) in [6, 6.07) is 0. The molecule has 0 saturated heterocycles. The SMILES string of the molecule is O=C1CCC2CCCCCCC2(O)C1. The Morgan fingerprint density at radius 2 is 1.93 bits per heavy atom. The molecule has 14 heavy (non-hydrogen) atoms. The summed E-state index contributed by atoms with van der Waals surface area (Å²) in [6.45, 7) is 0. The van der Waals surface area contributed by atoms with Crippen molar-refractivity contribution in [3.8, 4) is 0 Å². The molecular formula is C12H20O2. The van der Waals surface area contributed by atoms with E-state index in [1.54, 1.807) is 0 Å². The number of hydrogen-bond donors (Lipinski definition) is 1. The Kier molecular flexibility index (Phi) is 2.91. The third kappa shape index (κ3) is 2.00. The molecule has 0 radical (unpaired) electrons. The Morgan fingerprint density at radius 3 is 2.79 bits per heavy atom. The Morgan fingerprint density at radius 1 is 1.14 bits per heavy atom. The second-order valence-corrected chi connectivity index (χ2v) is 5.01. The molecule has 0 aliphatic heterocycles. The molecule has 2 rings (SSSR count). The van der Waals surface area contributed by atoms with Crippen molar-refractivity contribution in [3.05, 3.63) is 0 Å². The van der Waals surface area contributed by atoms with Crippen molar-refractivity contribution in [2.24, 2.45) is 5.92 Å². The van der Waals surface area contributed by atoms with Gasteiger partial charge in [-0.15, -0.1) is 0 Å². The van der Waals surface area contributed by atoms with Gasteiger partial charge in [0.25, 0.3) is 0 Å². The zero-order valence-corrected chi connectivity index (χ0v) is 8.80. The average molecular weight is 196 g/mol. The molecule has 0 aromatic heterocycles. The Balaban J connectivity index is 2.08. The van der Waals surface area contributed by atoms with Crippen molar-refractivity contribution in [2.75, 3.05) is 0 Å². The quantitative estimate of drug-likeness (QED) is 0.646. The predicted molar refractivity (Wildman–Crippen MR) is 55.0 cm³/mol. The summed E-state index contributed by atoms with van der Waals surface area (Å²) in [5.74, 6) is 0.671. The van der Waals surface area contributed by atoms with Gasteiger partial charge in [0.15, 0.2) is 0 Å². The van der Waals surface area contributed by atoms with Crippen molar-refractivity contribution in [2.45, 2.75) is 63.4 Å². The van der Waals surface area contributed by atoms with Gasteiger partial charge in [0.05, 0.1) is 5.60 Å². The molecule has 0 spiro atoms. The molecule has 2 heteroatoms. The van der Waals surface area contributed by atoms with E-state index < -0.39 is 5.60 Å². The molecule has 2 aliphatic rings. The molecule has 1 N–H and O–H groups in total. The molecule has 0 amide bonds. The van der Waals surface area contributed by atoms with E-state index in [1.165, 1.54) is 19.3 Å². The summed E-state index contributed by atoms with van der Waals surface area (Å²) in [5.41, 5.74) is -0.629. The summed E-state index contributed by atoms with van der Waals surface area (Å²) in [7, 11) is 0. The summed E-state index contributed by atoms with van der Waals surface area (Å²) in [4.78, 5) is 11.4. The zero-order valence-electron chi connectivity index (χ0n) is 8.80. The van der Waals surface area contributed by atoms with Crippen molar-refractivity contribution in [1.29, 1.82) is 0 Å². The molecule has 0 heterocycles. The first-order valence-electron chi connectivity index (χ1n) is 5.95. The predicted octanol–water partition coefficient (Wildman–Crippen LogP) is 2.44. The van der Waals surface area contributed by atoms with E-state index in [1.807, 2.05) is 0 Å². The van der Waals surface area contributed by atoms with E-state index in [2.05, 4.69) is 0 Å². The number of aliphatic hydroxyl groups is 1. The maximum Gasteiger partial charge on any atom is 0.135 e. The maximum absolute atomic E-state index is 11.4. The molecule has 0 aromatic carbocycles. The fourth-order valence-corrected chi connectivity index (χ4v) is 3.06. The van der Waals surface area contributed by atoms with Crippen molar-refractivity contribution >= 4 is 5.78 Å². The monoisotopic (exact) mass is 196 g/mol. The maximum atomic E-state index is 11.4. The van der Waals surface area contributed by atoms with Crippen LogP contribution >= 0.6 is 0 Å². The molecule has 0 bridgehead atoms. The zero-order chi connectivity index (χ0) is 10.0. The first-order chi connectivity index (χ1) is 6.71. The Hall–Kier alpha value is -0.370. The van der Waals surface area contributed by atoms with Gasteiger partial charge in [0, 0.05) is 12.8 Å². The smallest absolute Gasteiger partial charge is 0.135 e. The van der Waals surface area contributed by atoms with Gasteiger partial charge in [0.1, 0.15) is 5.78 Å². The Labute approximate surface area is 85.7 Å². The third-order valence-electron chi connectivity index (χ3n) is 3.95. The van der Waals surface area contributed by atoms with Crippen LogP contribution < -0.4 is 0 Å². The first-order valence-corrected chi connectivity index (χ1v) is 5.95. The van der Waals surface area contributed by atoms with Crippen LogP contribution in [0.2, 0.25) is 0 Å². The highest BCUT2D eigenvalue weighted by Gasteiger charge is 2.41. The standard InChI is InChI=1S/C12H20O2/c13-11-7-6-10-5-3-1-2-4-8-12(10,14)9-11/h10,14H,1-9H2. The van der Waals surface area contributed by atoms with Gasteiger partial charge in [-0.25, -0.2) is 0 Å². The van der Waals surface area contributed by atoms with E-state index in [0.29, 0.717) is 18.8 Å². The molecule has 2 unspecified atom stereocenters. The topological polar surface area (TPSA) is 37.3 Å². The van der Waals surface area contributed by atoms with Gasteiger partial charge in [-0.05, 0) is 25.2 Å². The lowest BCUT2D eigenvalue weighted by Crippen LogP contribution is -2.44. The summed E-state index contributed by atoms with van der Waals surface area (Å²) >= 11 is 0. The number of Topliss-reactive ketones (excluding diaryl/α,β-unsaturated/α-hetero) is 1. The van der Waals surface area contributed by atoms with Crippen LogP contribution in [0.25, 0.3) is 0 Å². The van der Waals surface area contributed by atoms with Gasteiger partial charge < -0.3 is 5.11 Å². The minimum absolute atomic E-state index is 0.268. The fraction of sp³-hybridized carbons (Fsp3) is 0.917. The number of ketones is 1. The lowest BCUT2D eigenvalue weighted by Gasteiger charge is -2.40. The highest BCUT2D eigenvalue weighted by molar-refractivity contribution is 5.80. The minimum Gasteiger partial charge on any atom is -0.389 e. The highest BCUT2D eigenvalue weighted by atomic mass is 16.3. The molecule has 2 atom stereocenters. The van der Waals surface area contributed by atoms with Crippen molar-refractivity contribution < 1.29 is 9.90 Å². The molecule has 2 nitrogen and oxygen atoms in total. The number of carbonyl (C=O) groups is 1. The lowest BCUT2D eigenvalue weighted by atomic mass is 9.69. The van der Waals surface area contributed by atoms with Gasteiger partial charge in [-0.3, -0.25) is 4.79 Å². The fourth-order valence-electron chi connectivity index (χ4n) is 3.06. The minimum atomic E-state index is -0.629. The third-order valence-corrected chi connectivity index (χ3v) is 3.95. The molecule has 2 saturated carbocycles. The molecule has 80 valence electrons.